The number of amides is 1. The van der Waals surface area contributed by atoms with Crippen LogP contribution < -0.4 is 5.32 Å². The van der Waals surface area contributed by atoms with Crippen LogP contribution >= 0.6 is 0 Å². The zero-order valence-corrected chi connectivity index (χ0v) is 18.5. The third-order valence-corrected chi connectivity index (χ3v) is 5.19. The van der Waals surface area contributed by atoms with Crippen molar-refractivity contribution in [1.82, 2.24) is 15.0 Å². The lowest BCUT2D eigenvalue weighted by Crippen LogP contribution is -2.14. The Bertz CT molecular complexity index is 1400. The Labute approximate surface area is 201 Å². The number of aryl methyl sites for hydroxylation is 1. The maximum atomic E-state index is 12.1. The Balaban J connectivity index is 1.40. The van der Waals surface area contributed by atoms with E-state index < -0.39 is 4.92 Å². The number of anilines is 1. The number of hydrogen-bond acceptors (Lipinski definition) is 6. The Morgan fingerprint density at radius 2 is 1.77 bits per heavy atom. The Hall–Kier alpha value is -5.10. The highest BCUT2D eigenvalue weighted by molar-refractivity contribution is 5.91. The third kappa shape index (κ3) is 6.03. The number of non-ortho nitro benzene ring substituents is 1. The summed E-state index contributed by atoms with van der Waals surface area (Å²) < 4.78 is 1.61. The van der Waals surface area contributed by atoms with E-state index in [1.165, 1.54) is 12.1 Å². The van der Waals surface area contributed by atoms with Crippen molar-refractivity contribution < 1.29 is 9.72 Å². The number of rotatable bonds is 8. The summed E-state index contributed by atoms with van der Waals surface area (Å²) in [5.74, 6) is -0.110. The number of allylic oxidation sites excluding steroid dienone is 1. The molecule has 0 aliphatic carbocycles. The van der Waals surface area contributed by atoms with E-state index in [0.717, 1.165) is 11.3 Å². The van der Waals surface area contributed by atoms with Crippen LogP contribution in [0, 0.1) is 21.4 Å². The van der Waals surface area contributed by atoms with Gasteiger partial charge in [0.25, 0.3) is 5.69 Å². The van der Waals surface area contributed by atoms with Gasteiger partial charge < -0.3 is 5.32 Å². The minimum atomic E-state index is -0.465. The van der Waals surface area contributed by atoms with E-state index in [-0.39, 0.29) is 18.0 Å². The van der Waals surface area contributed by atoms with E-state index >= 15 is 0 Å². The van der Waals surface area contributed by atoms with Gasteiger partial charge in [-0.1, -0.05) is 47.7 Å². The molecule has 3 aromatic carbocycles. The largest absolute Gasteiger partial charge is 0.326 e. The highest BCUT2D eigenvalue weighted by atomic mass is 16.6. The SMILES string of the molecule is N#C/C(=C\c1ccc([N+](=O)[O-])cc1)c1ccc(-c2cn(CCC(=O)Nc3ccccc3)nn2)cc1. The molecule has 1 amide bonds. The molecule has 0 aliphatic rings. The zero-order chi connectivity index (χ0) is 24.6. The number of hydrogen-bond donors (Lipinski definition) is 1. The molecule has 9 nitrogen and oxygen atoms in total. The van der Waals surface area contributed by atoms with E-state index in [4.69, 9.17) is 0 Å². The lowest BCUT2D eigenvalue weighted by molar-refractivity contribution is -0.384. The smallest absolute Gasteiger partial charge is 0.269 e. The second-order valence-corrected chi connectivity index (χ2v) is 7.63. The fourth-order valence-electron chi connectivity index (χ4n) is 3.36. The molecule has 1 N–H and O–H groups in total. The minimum Gasteiger partial charge on any atom is -0.326 e. The van der Waals surface area contributed by atoms with Crippen LogP contribution in [0.3, 0.4) is 0 Å². The maximum Gasteiger partial charge on any atom is 0.269 e. The second-order valence-electron chi connectivity index (χ2n) is 7.63. The number of aromatic nitrogens is 3. The Kier molecular flexibility index (Phi) is 7.04. The molecule has 1 heterocycles. The molecule has 9 heteroatoms. The summed E-state index contributed by atoms with van der Waals surface area (Å²) in [5, 5.41) is 31.5. The third-order valence-electron chi connectivity index (χ3n) is 5.19. The van der Waals surface area contributed by atoms with Gasteiger partial charge in [0.1, 0.15) is 5.69 Å². The van der Waals surface area contributed by atoms with Gasteiger partial charge in [-0.2, -0.15) is 5.26 Å². The number of carbonyl (C=O) groups excluding carboxylic acids is 1. The van der Waals surface area contributed by atoms with Crippen LogP contribution in [0.5, 0.6) is 0 Å². The van der Waals surface area contributed by atoms with Gasteiger partial charge >= 0.3 is 0 Å². The molecule has 0 saturated carbocycles. The fourth-order valence-corrected chi connectivity index (χ4v) is 3.36. The molecular formula is C26H20N6O3. The highest BCUT2D eigenvalue weighted by Gasteiger charge is 2.09. The summed E-state index contributed by atoms with van der Waals surface area (Å²) in [4.78, 5) is 22.5. The molecule has 35 heavy (non-hydrogen) atoms. The number of nitrogens with one attached hydrogen (secondary N) is 1. The van der Waals surface area contributed by atoms with Gasteiger partial charge in [-0.15, -0.1) is 5.10 Å². The van der Waals surface area contributed by atoms with E-state index in [1.807, 2.05) is 54.6 Å². The normalized spacial score (nSPS) is 11.0. The molecule has 0 saturated heterocycles. The molecule has 0 fully saturated rings. The van der Waals surface area contributed by atoms with Crippen LogP contribution in [0.15, 0.2) is 85.1 Å². The summed E-state index contributed by atoms with van der Waals surface area (Å²) in [6.45, 7) is 0.389. The van der Waals surface area contributed by atoms with Crippen molar-refractivity contribution in [2.24, 2.45) is 0 Å². The van der Waals surface area contributed by atoms with E-state index in [0.29, 0.717) is 28.9 Å². The topological polar surface area (TPSA) is 127 Å². The molecule has 0 bridgehead atoms. The predicted molar refractivity (Wildman–Crippen MR) is 132 cm³/mol. The van der Waals surface area contributed by atoms with Crippen molar-refractivity contribution in [2.75, 3.05) is 5.32 Å². The highest BCUT2D eigenvalue weighted by Crippen LogP contribution is 2.23. The molecule has 0 aliphatic heterocycles. The van der Waals surface area contributed by atoms with Crippen molar-refractivity contribution in [2.45, 2.75) is 13.0 Å². The Morgan fingerprint density at radius 3 is 2.43 bits per heavy atom. The van der Waals surface area contributed by atoms with Crippen LogP contribution in [-0.4, -0.2) is 25.8 Å². The average molecular weight is 464 g/mol. The van der Waals surface area contributed by atoms with Crippen molar-refractivity contribution >= 4 is 28.9 Å². The number of nitrogens with zero attached hydrogens (tertiary/aromatic N) is 5. The molecule has 1 aromatic heterocycles. The van der Waals surface area contributed by atoms with Crippen LogP contribution in [-0.2, 0) is 11.3 Å². The molecule has 0 radical (unpaired) electrons. The number of nitro benzene ring substituents is 1. The monoisotopic (exact) mass is 464 g/mol. The molecule has 0 atom stereocenters. The summed E-state index contributed by atoms with van der Waals surface area (Å²) in [6.07, 6.45) is 3.70. The number of carbonyl (C=O) groups is 1. The quantitative estimate of drug-likeness (QED) is 0.170. The van der Waals surface area contributed by atoms with Crippen molar-refractivity contribution in [3.8, 4) is 17.3 Å². The minimum absolute atomic E-state index is 0.00474. The molecule has 4 aromatic rings. The van der Waals surface area contributed by atoms with Gasteiger partial charge in [0.2, 0.25) is 5.91 Å². The van der Waals surface area contributed by atoms with E-state index in [2.05, 4.69) is 21.7 Å². The molecule has 172 valence electrons. The van der Waals surface area contributed by atoms with Gasteiger partial charge in [-0.05, 0) is 41.5 Å². The molecule has 4 rings (SSSR count). The number of benzene rings is 3. The first-order chi connectivity index (χ1) is 17.0. The van der Waals surface area contributed by atoms with Crippen molar-refractivity contribution in [1.29, 1.82) is 5.26 Å². The van der Waals surface area contributed by atoms with Crippen molar-refractivity contribution in [3.63, 3.8) is 0 Å². The zero-order valence-electron chi connectivity index (χ0n) is 18.5. The standard InChI is InChI=1S/C26H20N6O3/c27-17-22(16-19-6-12-24(13-7-19)32(34)35)20-8-10-21(11-9-20)25-18-31(30-29-25)15-14-26(33)28-23-4-2-1-3-5-23/h1-13,16,18H,14-15H2,(H,28,33)/b22-16+. The Morgan fingerprint density at radius 1 is 1.06 bits per heavy atom. The maximum absolute atomic E-state index is 12.1. The van der Waals surface area contributed by atoms with Crippen LogP contribution in [0.4, 0.5) is 11.4 Å². The second kappa shape index (κ2) is 10.7. The molecular weight excluding hydrogens is 444 g/mol. The lowest BCUT2D eigenvalue weighted by Gasteiger charge is -2.04. The summed E-state index contributed by atoms with van der Waals surface area (Å²) in [5.41, 5.74) is 4.04. The number of nitriles is 1. The summed E-state index contributed by atoms with van der Waals surface area (Å²) >= 11 is 0. The fraction of sp³-hybridized carbons (Fsp3) is 0.0769. The molecule has 0 unspecified atom stereocenters. The van der Waals surface area contributed by atoms with Gasteiger partial charge in [0.15, 0.2) is 0 Å². The van der Waals surface area contributed by atoms with Gasteiger partial charge in [-0.3, -0.25) is 19.6 Å². The predicted octanol–water partition coefficient (Wildman–Crippen LogP) is 4.95. The first kappa shape index (κ1) is 23.1. The van der Waals surface area contributed by atoms with Gasteiger partial charge in [0.05, 0.1) is 29.3 Å². The summed E-state index contributed by atoms with van der Waals surface area (Å²) in [7, 11) is 0. The number of para-hydroxylation sites is 1. The first-order valence-electron chi connectivity index (χ1n) is 10.7. The van der Waals surface area contributed by atoms with Crippen molar-refractivity contribution in [3.05, 3.63) is 106 Å². The lowest BCUT2D eigenvalue weighted by atomic mass is 10.0. The van der Waals surface area contributed by atoms with E-state index in [1.54, 1.807) is 29.1 Å². The number of nitro groups is 1. The molecule has 0 spiro atoms. The van der Waals surface area contributed by atoms with Crippen LogP contribution in [0.1, 0.15) is 17.5 Å². The van der Waals surface area contributed by atoms with Gasteiger partial charge in [0, 0.05) is 29.8 Å². The first-order valence-corrected chi connectivity index (χ1v) is 10.7. The van der Waals surface area contributed by atoms with Crippen LogP contribution in [0.25, 0.3) is 22.9 Å². The van der Waals surface area contributed by atoms with E-state index in [9.17, 15) is 20.2 Å². The van der Waals surface area contributed by atoms with Crippen LogP contribution in [0.2, 0.25) is 0 Å². The average Bonchev–Trinajstić information content (AvgIpc) is 3.36. The summed E-state index contributed by atoms with van der Waals surface area (Å²) in [6, 6.07) is 24.7. The van der Waals surface area contributed by atoms with Gasteiger partial charge in [-0.25, -0.2) is 0 Å².